The number of carbonyl (C=O) groups excluding carboxylic acids is 3. The van der Waals surface area contributed by atoms with Crippen molar-refractivity contribution in [1.82, 2.24) is 9.78 Å². The van der Waals surface area contributed by atoms with Gasteiger partial charge in [-0.15, -0.1) is 11.3 Å². The maximum absolute atomic E-state index is 12.6. The van der Waals surface area contributed by atoms with E-state index in [-0.39, 0.29) is 34.2 Å². The Morgan fingerprint density at radius 2 is 2.00 bits per heavy atom. The van der Waals surface area contributed by atoms with E-state index in [0.717, 1.165) is 22.2 Å². The molecule has 2 rings (SSSR count). The third-order valence-corrected chi connectivity index (χ3v) is 4.87. The molecule has 26 heavy (non-hydrogen) atoms. The Morgan fingerprint density at radius 3 is 2.54 bits per heavy atom. The van der Waals surface area contributed by atoms with Crippen LogP contribution in [-0.4, -0.2) is 45.1 Å². The number of thiophene rings is 1. The Morgan fingerprint density at radius 1 is 1.35 bits per heavy atom. The highest BCUT2D eigenvalue weighted by molar-refractivity contribution is 7.18. The fourth-order valence-electron chi connectivity index (χ4n) is 2.41. The second-order valence-electron chi connectivity index (χ2n) is 5.33. The normalized spacial score (nSPS) is 10.5. The number of rotatable bonds is 6. The van der Waals surface area contributed by atoms with Gasteiger partial charge in [-0.3, -0.25) is 14.3 Å². The van der Waals surface area contributed by atoms with Crippen LogP contribution in [0.2, 0.25) is 0 Å². The lowest BCUT2D eigenvalue weighted by atomic mass is 10.1. The summed E-state index contributed by atoms with van der Waals surface area (Å²) in [6.45, 7) is 4.70. The molecule has 0 bridgehead atoms. The number of Topliss-reactive ketones (excluding diaryl/α,β-unsaturated/α-hetero) is 1. The number of anilines is 1. The highest BCUT2D eigenvalue weighted by Gasteiger charge is 2.28. The minimum atomic E-state index is -1.30. The molecule has 0 aliphatic rings. The topological polar surface area (TPSA) is 128 Å². The van der Waals surface area contributed by atoms with Gasteiger partial charge in [0, 0.05) is 7.05 Å². The van der Waals surface area contributed by atoms with Crippen LogP contribution in [0.3, 0.4) is 0 Å². The van der Waals surface area contributed by atoms with Crippen LogP contribution in [0.1, 0.15) is 60.3 Å². The van der Waals surface area contributed by atoms with Gasteiger partial charge in [-0.2, -0.15) is 5.10 Å². The fraction of sp³-hybridized carbons (Fsp3) is 0.312. The van der Waals surface area contributed by atoms with Crippen LogP contribution in [0.5, 0.6) is 0 Å². The zero-order valence-electron chi connectivity index (χ0n) is 14.6. The number of ether oxygens (including phenoxy) is 1. The number of nitrogens with zero attached hydrogens (tertiary/aromatic N) is 2. The van der Waals surface area contributed by atoms with E-state index in [4.69, 9.17) is 4.74 Å². The van der Waals surface area contributed by atoms with Crippen molar-refractivity contribution >= 4 is 40.0 Å². The summed E-state index contributed by atoms with van der Waals surface area (Å²) in [6.07, 6.45) is 1.06. The number of ketones is 1. The second-order valence-corrected chi connectivity index (χ2v) is 6.35. The first kappa shape index (κ1) is 19.3. The number of hydrogen-bond acceptors (Lipinski definition) is 7. The Balaban J connectivity index is 2.49. The van der Waals surface area contributed by atoms with E-state index in [9.17, 15) is 24.3 Å². The number of carboxylic acids is 1. The van der Waals surface area contributed by atoms with Crippen molar-refractivity contribution in [3.8, 4) is 0 Å². The Bertz CT molecular complexity index is 911. The highest BCUT2D eigenvalue weighted by Crippen LogP contribution is 2.34. The molecule has 0 unspecified atom stereocenters. The van der Waals surface area contributed by atoms with Crippen LogP contribution in [0.4, 0.5) is 5.00 Å². The summed E-state index contributed by atoms with van der Waals surface area (Å²) in [4.78, 5) is 48.2. The molecule has 0 saturated heterocycles. The molecule has 0 spiro atoms. The van der Waals surface area contributed by atoms with E-state index in [0.29, 0.717) is 10.4 Å². The molecule has 10 heteroatoms. The average Bonchev–Trinajstić information content (AvgIpc) is 3.08. The Kier molecular flexibility index (Phi) is 5.56. The molecule has 2 heterocycles. The SMILES string of the molecule is CCOC(=O)c1c(NC(=O)c2c(C(=O)O)cnn2C)sc(C(C)=O)c1C. The lowest BCUT2D eigenvalue weighted by Crippen LogP contribution is -2.20. The number of aromatic carboxylic acids is 1. The largest absolute Gasteiger partial charge is 0.478 e. The molecule has 9 nitrogen and oxygen atoms in total. The molecule has 0 aliphatic carbocycles. The van der Waals surface area contributed by atoms with Gasteiger partial charge in [0.05, 0.1) is 23.2 Å². The fourth-order valence-corrected chi connectivity index (χ4v) is 3.50. The number of nitrogens with one attached hydrogen (secondary N) is 1. The third-order valence-electron chi connectivity index (χ3n) is 3.56. The summed E-state index contributed by atoms with van der Waals surface area (Å²) in [5.41, 5.74) is 0.0275. The molecule has 2 N–H and O–H groups in total. The van der Waals surface area contributed by atoms with Crippen LogP contribution in [0, 0.1) is 6.92 Å². The van der Waals surface area contributed by atoms with Crippen LogP contribution in [0.15, 0.2) is 6.20 Å². The number of hydrogen-bond donors (Lipinski definition) is 2. The van der Waals surface area contributed by atoms with Gasteiger partial charge in [0.1, 0.15) is 16.3 Å². The summed E-state index contributed by atoms with van der Waals surface area (Å²) in [6, 6.07) is 0. The molecule has 2 aromatic rings. The van der Waals surface area contributed by atoms with E-state index in [1.807, 2.05) is 0 Å². The molecule has 1 amide bonds. The molecular formula is C16H17N3O6S. The molecule has 0 fully saturated rings. The third kappa shape index (κ3) is 3.49. The molecular weight excluding hydrogens is 362 g/mol. The van der Waals surface area contributed by atoms with Crippen molar-refractivity contribution < 1.29 is 29.0 Å². The number of aryl methyl sites for hydroxylation is 1. The second kappa shape index (κ2) is 7.48. The lowest BCUT2D eigenvalue weighted by molar-refractivity contribution is 0.0526. The van der Waals surface area contributed by atoms with Crippen molar-refractivity contribution in [2.75, 3.05) is 11.9 Å². The van der Waals surface area contributed by atoms with Gasteiger partial charge < -0.3 is 15.2 Å². The molecule has 0 aromatic carbocycles. The van der Waals surface area contributed by atoms with Crippen LogP contribution in [0.25, 0.3) is 0 Å². The first-order valence-corrected chi connectivity index (χ1v) is 8.38. The molecule has 0 saturated carbocycles. The van der Waals surface area contributed by atoms with Crippen molar-refractivity contribution in [3.63, 3.8) is 0 Å². The minimum absolute atomic E-state index is 0.0782. The van der Waals surface area contributed by atoms with E-state index in [1.54, 1.807) is 13.8 Å². The van der Waals surface area contributed by atoms with Crippen molar-refractivity contribution in [3.05, 3.63) is 33.5 Å². The molecule has 0 atom stereocenters. The number of esters is 1. The maximum Gasteiger partial charge on any atom is 0.341 e. The van der Waals surface area contributed by atoms with Crippen molar-refractivity contribution in [1.29, 1.82) is 0 Å². The van der Waals surface area contributed by atoms with Crippen LogP contribution >= 0.6 is 11.3 Å². The van der Waals surface area contributed by atoms with Gasteiger partial charge in [-0.05, 0) is 26.3 Å². The quantitative estimate of drug-likeness (QED) is 0.581. The highest BCUT2D eigenvalue weighted by atomic mass is 32.1. The maximum atomic E-state index is 12.6. The van der Waals surface area contributed by atoms with E-state index < -0.39 is 17.8 Å². The smallest absolute Gasteiger partial charge is 0.341 e. The standard InChI is InChI=1S/C16H17N3O6S/c1-5-25-16(24)10-7(2)12(8(3)20)26-14(10)18-13(21)11-9(15(22)23)6-17-19(11)4/h6H,5H2,1-4H3,(H,18,21)(H,22,23). The van der Waals surface area contributed by atoms with Gasteiger partial charge in [0.25, 0.3) is 5.91 Å². The average molecular weight is 379 g/mol. The number of aromatic nitrogens is 2. The Labute approximate surface area is 152 Å². The van der Waals surface area contributed by atoms with Gasteiger partial charge >= 0.3 is 11.9 Å². The lowest BCUT2D eigenvalue weighted by Gasteiger charge is -2.08. The monoisotopic (exact) mass is 379 g/mol. The molecule has 0 radical (unpaired) electrons. The van der Waals surface area contributed by atoms with E-state index in [2.05, 4.69) is 10.4 Å². The number of carbonyl (C=O) groups is 4. The van der Waals surface area contributed by atoms with E-state index >= 15 is 0 Å². The first-order chi connectivity index (χ1) is 12.2. The Hall–Kier alpha value is -3.01. The summed E-state index contributed by atoms with van der Waals surface area (Å²) < 4.78 is 6.11. The van der Waals surface area contributed by atoms with Crippen LogP contribution < -0.4 is 5.32 Å². The molecule has 0 aliphatic heterocycles. The molecule has 2 aromatic heterocycles. The van der Waals surface area contributed by atoms with Gasteiger partial charge in [-0.25, -0.2) is 9.59 Å². The van der Waals surface area contributed by atoms with Gasteiger partial charge in [0.15, 0.2) is 5.78 Å². The minimum Gasteiger partial charge on any atom is -0.478 e. The zero-order valence-corrected chi connectivity index (χ0v) is 15.4. The zero-order chi connectivity index (χ0) is 19.6. The predicted molar refractivity (Wildman–Crippen MR) is 93.1 cm³/mol. The van der Waals surface area contributed by atoms with Crippen molar-refractivity contribution in [2.24, 2.45) is 7.05 Å². The summed E-state index contributed by atoms with van der Waals surface area (Å²) in [5.74, 6) is -3.00. The summed E-state index contributed by atoms with van der Waals surface area (Å²) in [5, 5.41) is 15.6. The van der Waals surface area contributed by atoms with Crippen molar-refractivity contribution in [2.45, 2.75) is 20.8 Å². The summed E-state index contributed by atoms with van der Waals surface area (Å²) >= 11 is 0.935. The predicted octanol–water partition coefficient (Wildman–Crippen LogP) is 2.12. The van der Waals surface area contributed by atoms with Crippen LogP contribution in [-0.2, 0) is 11.8 Å². The number of carboxylic acid groups (broad SMARTS) is 1. The first-order valence-electron chi connectivity index (χ1n) is 7.57. The van der Waals surface area contributed by atoms with Gasteiger partial charge in [-0.1, -0.05) is 0 Å². The van der Waals surface area contributed by atoms with E-state index in [1.165, 1.54) is 14.0 Å². The summed E-state index contributed by atoms with van der Waals surface area (Å²) in [7, 11) is 1.42. The number of amides is 1. The van der Waals surface area contributed by atoms with Gasteiger partial charge in [0.2, 0.25) is 0 Å². The molecule has 138 valence electrons.